The minimum absolute atomic E-state index is 0.0215. The standard InChI is InChI=1S/C35H36N4O4/c1-2-31(26-10-4-3-5-11-26)34(28-15-18-32-29(24-28)25-37-39(32)33-12-6-9-22-43-33)27-13-16-30(17-14-27)42-23-21-38(35(40)41)20-8-7-19-36/h3-5,7-8,10-11,13-18,24-25,33H,2,6,9,12,20-23H2,1H3,(H,40,41)/b8-7+,34-31+. The second kappa shape index (κ2) is 14.3. The van der Waals surface area contributed by atoms with Crippen LogP contribution in [0, 0.1) is 11.3 Å². The zero-order valence-corrected chi connectivity index (χ0v) is 24.4. The predicted octanol–water partition coefficient (Wildman–Crippen LogP) is 7.54. The molecule has 8 heteroatoms. The smallest absolute Gasteiger partial charge is 0.407 e. The Kier molecular flexibility index (Phi) is 9.88. The first kappa shape index (κ1) is 29.6. The number of hydrogen-bond acceptors (Lipinski definition) is 5. The van der Waals surface area contributed by atoms with Gasteiger partial charge >= 0.3 is 6.09 Å². The first-order valence-corrected chi connectivity index (χ1v) is 14.7. The van der Waals surface area contributed by atoms with Crippen LogP contribution in [0.15, 0.2) is 91.1 Å². The van der Waals surface area contributed by atoms with Crippen LogP contribution in [0.2, 0.25) is 0 Å². The van der Waals surface area contributed by atoms with Crippen molar-refractivity contribution in [3.63, 3.8) is 0 Å². The Morgan fingerprint density at radius 3 is 2.60 bits per heavy atom. The van der Waals surface area contributed by atoms with Gasteiger partial charge in [-0.05, 0) is 77.8 Å². The molecule has 0 saturated carbocycles. The summed E-state index contributed by atoms with van der Waals surface area (Å²) in [6, 6.07) is 26.8. The summed E-state index contributed by atoms with van der Waals surface area (Å²) in [4.78, 5) is 12.7. The average Bonchev–Trinajstić information content (AvgIpc) is 3.47. The fraction of sp³-hybridized carbons (Fsp3) is 0.286. The van der Waals surface area contributed by atoms with Gasteiger partial charge in [0, 0.05) is 24.6 Å². The molecule has 1 aromatic heterocycles. The zero-order chi connectivity index (χ0) is 30.0. The summed E-state index contributed by atoms with van der Waals surface area (Å²) in [6.45, 7) is 3.47. The SMILES string of the molecule is CC/C(=C(/c1ccc(OCCN(C/C=C/C#N)C(=O)O)cc1)c1ccc2c(cnn2C2CCCCO2)c1)c1ccccc1. The van der Waals surface area contributed by atoms with E-state index in [1.54, 1.807) is 0 Å². The third-order valence-electron chi connectivity index (χ3n) is 7.65. The molecule has 1 aliphatic rings. The van der Waals surface area contributed by atoms with E-state index in [-0.39, 0.29) is 25.9 Å². The Labute approximate surface area is 252 Å². The molecule has 1 aliphatic heterocycles. The summed E-state index contributed by atoms with van der Waals surface area (Å²) in [6.07, 6.45) is 7.69. The number of benzene rings is 3. The van der Waals surface area contributed by atoms with Crippen molar-refractivity contribution in [2.75, 3.05) is 26.3 Å². The zero-order valence-electron chi connectivity index (χ0n) is 24.4. The van der Waals surface area contributed by atoms with Crippen molar-refractivity contribution >= 4 is 28.1 Å². The van der Waals surface area contributed by atoms with Gasteiger partial charge in [0.05, 0.1) is 24.3 Å². The molecule has 43 heavy (non-hydrogen) atoms. The quantitative estimate of drug-likeness (QED) is 0.146. The molecule has 1 N–H and O–H groups in total. The fourth-order valence-electron chi connectivity index (χ4n) is 5.52. The summed E-state index contributed by atoms with van der Waals surface area (Å²) >= 11 is 0. The van der Waals surface area contributed by atoms with Gasteiger partial charge in [-0.2, -0.15) is 10.4 Å². The van der Waals surface area contributed by atoms with Gasteiger partial charge in [0.25, 0.3) is 0 Å². The van der Waals surface area contributed by atoms with Crippen molar-refractivity contribution in [3.05, 3.63) is 108 Å². The van der Waals surface area contributed by atoms with Crippen LogP contribution in [0.1, 0.15) is 55.5 Å². The molecule has 1 saturated heterocycles. The Hall–Kier alpha value is -4.87. The lowest BCUT2D eigenvalue weighted by atomic mass is 9.88. The lowest BCUT2D eigenvalue weighted by Gasteiger charge is -2.23. The molecule has 1 amide bonds. The molecule has 5 rings (SSSR count). The number of aromatic nitrogens is 2. The summed E-state index contributed by atoms with van der Waals surface area (Å²) < 4.78 is 13.9. The molecule has 3 aromatic carbocycles. The molecule has 4 aromatic rings. The monoisotopic (exact) mass is 576 g/mol. The van der Waals surface area contributed by atoms with E-state index in [0.717, 1.165) is 59.9 Å². The lowest BCUT2D eigenvalue weighted by Crippen LogP contribution is -2.33. The number of ether oxygens (including phenoxy) is 2. The van der Waals surface area contributed by atoms with E-state index < -0.39 is 6.09 Å². The highest BCUT2D eigenvalue weighted by Crippen LogP contribution is 2.37. The molecule has 8 nitrogen and oxygen atoms in total. The molecule has 0 radical (unpaired) electrons. The Morgan fingerprint density at radius 2 is 1.91 bits per heavy atom. The molecule has 1 atom stereocenters. The number of amides is 1. The maximum atomic E-state index is 11.5. The van der Waals surface area contributed by atoms with Crippen LogP contribution in [0.25, 0.3) is 22.0 Å². The number of fused-ring (bicyclic) bond motifs is 1. The van der Waals surface area contributed by atoms with Crippen LogP contribution in [0.4, 0.5) is 4.79 Å². The van der Waals surface area contributed by atoms with Crippen molar-refractivity contribution in [2.24, 2.45) is 0 Å². The van der Waals surface area contributed by atoms with E-state index in [2.05, 4.69) is 61.5 Å². The van der Waals surface area contributed by atoms with Gasteiger partial charge in [-0.3, -0.25) is 0 Å². The molecular formula is C35H36N4O4. The molecule has 1 unspecified atom stereocenters. The molecule has 0 aliphatic carbocycles. The lowest BCUT2D eigenvalue weighted by molar-refractivity contribution is -0.0366. The number of rotatable bonds is 11. The third kappa shape index (κ3) is 7.14. The van der Waals surface area contributed by atoms with Crippen LogP contribution in [-0.4, -0.2) is 52.2 Å². The Balaban J connectivity index is 1.43. The van der Waals surface area contributed by atoms with E-state index in [0.29, 0.717) is 5.75 Å². The first-order chi connectivity index (χ1) is 21.1. The average molecular weight is 577 g/mol. The van der Waals surface area contributed by atoms with Gasteiger partial charge in [0.1, 0.15) is 12.4 Å². The number of nitriles is 1. The fourth-order valence-corrected chi connectivity index (χ4v) is 5.52. The van der Waals surface area contributed by atoms with Gasteiger partial charge in [-0.1, -0.05) is 61.5 Å². The maximum absolute atomic E-state index is 11.5. The van der Waals surface area contributed by atoms with Crippen molar-refractivity contribution in [1.29, 1.82) is 5.26 Å². The molecular weight excluding hydrogens is 540 g/mol. The second-order valence-electron chi connectivity index (χ2n) is 10.4. The normalized spacial score (nSPS) is 15.7. The van der Waals surface area contributed by atoms with Gasteiger partial charge in [-0.25, -0.2) is 9.48 Å². The third-order valence-corrected chi connectivity index (χ3v) is 7.65. The molecule has 1 fully saturated rings. The van der Waals surface area contributed by atoms with Crippen LogP contribution in [-0.2, 0) is 4.74 Å². The van der Waals surface area contributed by atoms with Crippen LogP contribution >= 0.6 is 0 Å². The van der Waals surface area contributed by atoms with Gasteiger partial charge < -0.3 is 19.5 Å². The molecule has 0 bridgehead atoms. The van der Waals surface area contributed by atoms with E-state index in [1.807, 2.05) is 35.1 Å². The predicted molar refractivity (Wildman–Crippen MR) is 168 cm³/mol. The highest BCUT2D eigenvalue weighted by Gasteiger charge is 2.20. The van der Waals surface area contributed by atoms with Crippen molar-refractivity contribution in [3.8, 4) is 11.8 Å². The topological polar surface area (TPSA) is 101 Å². The second-order valence-corrected chi connectivity index (χ2v) is 10.4. The molecule has 2 heterocycles. The van der Waals surface area contributed by atoms with Gasteiger partial charge in [0.15, 0.2) is 6.23 Å². The number of carboxylic acid groups (broad SMARTS) is 1. The van der Waals surface area contributed by atoms with E-state index in [9.17, 15) is 9.90 Å². The molecule has 220 valence electrons. The van der Waals surface area contributed by atoms with Crippen LogP contribution in [0.5, 0.6) is 5.75 Å². The van der Waals surface area contributed by atoms with Crippen LogP contribution in [0.3, 0.4) is 0 Å². The summed E-state index contributed by atoms with van der Waals surface area (Å²) in [5, 5.41) is 23.8. The maximum Gasteiger partial charge on any atom is 0.407 e. The van der Waals surface area contributed by atoms with Gasteiger partial charge in [-0.15, -0.1) is 0 Å². The minimum Gasteiger partial charge on any atom is -0.492 e. The minimum atomic E-state index is -1.06. The van der Waals surface area contributed by atoms with Crippen molar-refractivity contribution in [1.82, 2.24) is 14.7 Å². The number of nitrogens with zero attached hydrogens (tertiary/aromatic N) is 4. The largest absolute Gasteiger partial charge is 0.492 e. The summed E-state index contributed by atoms with van der Waals surface area (Å²) in [5.74, 6) is 0.656. The Morgan fingerprint density at radius 1 is 1.12 bits per heavy atom. The first-order valence-electron chi connectivity index (χ1n) is 14.7. The summed E-state index contributed by atoms with van der Waals surface area (Å²) in [7, 11) is 0. The van der Waals surface area contributed by atoms with Crippen LogP contribution < -0.4 is 4.74 Å². The van der Waals surface area contributed by atoms with E-state index in [4.69, 9.17) is 19.8 Å². The van der Waals surface area contributed by atoms with Gasteiger partial charge in [0.2, 0.25) is 0 Å². The number of hydrogen-bond donors (Lipinski definition) is 1. The number of allylic oxidation sites excluding steroid dienone is 2. The number of carbonyl (C=O) groups is 1. The van der Waals surface area contributed by atoms with Crippen molar-refractivity contribution in [2.45, 2.75) is 38.8 Å². The Bertz CT molecular complexity index is 1630. The van der Waals surface area contributed by atoms with E-state index >= 15 is 0 Å². The van der Waals surface area contributed by atoms with Crippen molar-refractivity contribution < 1.29 is 19.4 Å². The molecule has 0 spiro atoms. The highest BCUT2D eigenvalue weighted by atomic mass is 16.5. The van der Waals surface area contributed by atoms with E-state index in [1.165, 1.54) is 28.2 Å². The highest BCUT2D eigenvalue weighted by molar-refractivity contribution is 6.00. The summed E-state index contributed by atoms with van der Waals surface area (Å²) in [5.41, 5.74) is 6.78.